The average molecular weight is 354 g/mol. The van der Waals surface area contributed by atoms with Crippen LogP contribution in [0.4, 0.5) is 11.4 Å². The third-order valence-electron chi connectivity index (χ3n) is 3.68. The van der Waals surface area contributed by atoms with Crippen LogP contribution in [0.25, 0.3) is 10.9 Å². The zero-order valence-corrected chi connectivity index (χ0v) is 13.6. The molecular formula is C17H14N4O5. The number of aromatic nitrogens is 2. The van der Waals surface area contributed by atoms with Gasteiger partial charge in [0.2, 0.25) is 0 Å². The molecule has 1 heterocycles. The van der Waals surface area contributed by atoms with Gasteiger partial charge in [0.1, 0.15) is 5.69 Å². The van der Waals surface area contributed by atoms with Crippen molar-refractivity contribution in [2.24, 2.45) is 0 Å². The van der Waals surface area contributed by atoms with Gasteiger partial charge in [-0.25, -0.2) is 4.79 Å². The lowest BCUT2D eigenvalue weighted by Gasteiger charge is -2.13. The molecule has 0 saturated heterocycles. The van der Waals surface area contributed by atoms with E-state index in [4.69, 9.17) is 4.74 Å². The largest absolute Gasteiger partial charge is 0.448 e. The second-order valence-corrected chi connectivity index (χ2v) is 5.43. The molecule has 1 aromatic heterocycles. The van der Waals surface area contributed by atoms with E-state index in [0.29, 0.717) is 10.9 Å². The van der Waals surface area contributed by atoms with Crippen LogP contribution < -0.4 is 5.32 Å². The number of carbonyl (C=O) groups excluding carboxylic acids is 2. The van der Waals surface area contributed by atoms with Gasteiger partial charge in [-0.05, 0) is 19.1 Å². The van der Waals surface area contributed by atoms with Crippen molar-refractivity contribution in [2.45, 2.75) is 13.0 Å². The molecule has 1 atom stereocenters. The molecule has 9 nitrogen and oxygen atoms in total. The fourth-order valence-corrected chi connectivity index (χ4v) is 2.36. The SMILES string of the molecule is C[C@H](OC(=O)c1n[nH]c2ccccc12)C(=O)Nc1ccccc1[N+](=O)[O-]. The summed E-state index contributed by atoms with van der Waals surface area (Å²) in [5.74, 6) is -1.46. The van der Waals surface area contributed by atoms with Crippen molar-refractivity contribution in [3.63, 3.8) is 0 Å². The number of ether oxygens (including phenoxy) is 1. The minimum absolute atomic E-state index is 0.0237. The van der Waals surface area contributed by atoms with Crippen molar-refractivity contribution in [1.82, 2.24) is 10.2 Å². The van der Waals surface area contributed by atoms with Crippen LogP contribution in [0.2, 0.25) is 0 Å². The summed E-state index contributed by atoms with van der Waals surface area (Å²) in [5, 5.41) is 20.6. The Morgan fingerprint density at radius 2 is 1.88 bits per heavy atom. The molecule has 3 rings (SSSR count). The lowest BCUT2D eigenvalue weighted by molar-refractivity contribution is -0.383. The van der Waals surface area contributed by atoms with Gasteiger partial charge in [-0.3, -0.25) is 20.0 Å². The maximum absolute atomic E-state index is 12.3. The number of nitrogens with zero attached hydrogens (tertiary/aromatic N) is 2. The van der Waals surface area contributed by atoms with Crippen LogP contribution in [0, 0.1) is 10.1 Å². The quantitative estimate of drug-likeness (QED) is 0.412. The van der Waals surface area contributed by atoms with E-state index in [1.807, 2.05) is 0 Å². The highest BCUT2D eigenvalue weighted by Gasteiger charge is 2.24. The topological polar surface area (TPSA) is 127 Å². The fraction of sp³-hybridized carbons (Fsp3) is 0.118. The van der Waals surface area contributed by atoms with Crippen molar-refractivity contribution in [1.29, 1.82) is 0 Å². The molecule has 0 radical (unpaired) electrons. The highest BCUT2D eigenvalue weighted by molar-refractivity contribution is 6.03. The number of anilines is 1. The maximum atomic E-state index is 12.3. The van der Waals surface area contributed by atoms with Crippen molar-refractivity contribution in [2.75, 3.05) is 5.32 Å². The number of nitro benzene ring substituents is 1. The predicted octanol–water partition coefficient (Wildman–Crippen LogP) is 2.66. The molecule has 132 valence electrons. The number of nitro groups is 1. The summed E-state index contributed by atoms with van der Waals surface area (Å²) in [6, 6.07) is 12.7. The molecule has 2 N–H and O–H groups in total. The predicted molar refractivity (Wildman–Crippen MR) is 92.7 cm³/mol. The third-order valence-corrected chi connectivity index (χ3v) is 3.68. The Bertz CT molecular complexity index is 997. The number of fused-ring (bicyclic) bond motifs is 1. The number of carbonyl (C=O) groups is 2. The normalized spacial score (nSPS) is 11.7. The molecule has 0 unspecified atom stereocenters. The highest BCUT2D eigenvalue weighted by Crippen LogP contribution is 2.23. The van der Waals surface area contributed by atoms with Gasteiger partial charge in [0.15, 0.2) is 11.8 Å². The second-order valence-electron chi connectivity index (χ2n) is 5.43. The van der Waals surface area contributed by atoms with Crippen LogP contribution in [-0.2, 0) is 9.53 Å². The van der Waals surface area contributed by atoms with E-state index in [1.54, 1.807) is 30.3 Å². The van der Waals surface area contributed by atoms with Crippen LogP contribution in [0.1, 0.15) is 17.4 Å². The molecule has 0 aliphatic heterocycles. The summed E-state index contributed by atoms with van der Waals surface area (Å²) < 4.78 is 5.13. The van der Waals surface area contributed by atoms with Crippen LogP contribution in [-0.4, -0.2) is 33.1 Å². The van der Waals surface area contributed by atoms with E-state index in [0.717, 1.165) is 0 Å². The lowest BCUT2D eigenvalue weighted by atomic mass is 10.2. The fourth-order valence-electron chi connectivity index (χ4n) is 2.36. The molecule has 0 bridgehead atoms. The molecule has 1 amide bonds. The first-order chi connectivity index (χ1) is 12.5. The Kier molecular flexibility index (Phi) is 4.61. The minimum atomic E-state index is -1.17. The molecule has 0 spiro atoms. The minimum Gasteiger partial charge on any atom is -0.448 e. The molecule has 0 aliphatic rings. The van der Waals surface area contributed by atoms with Gasteiger partial charge in [0, 0.05) is 11.5 Å². The summed E-state index contributed by atoms with van der Waals surface area (Å²) in [6.07, 6.45) is -1.17. The van der Waals surface area contributed by atoms with Crippen molar-refractivity contribution < 1.29 is 19.2 Å². The summed E-state index contributed by atoms with van der Waals surface area (Å²) >= 11 is 0. The van der Waals surface area contributed by atoms with E-state index < -0.39 is 22.9 Å². The molecule has 2 aromatic carbocycles. The van der Waals surface area contributed by atoms with Crippen molar-refractivity contribution in [3.05, 3.63) is 64.3 Å². The first-order valence-electron chi connectivity index (χ1n) is 7.65. The van der Waals surface area contributed by atoms with Crippen LogP contribution in [0.15, 0.2) is 48.5 Å². The van der Waals surface area contributed by atoms with Gasteiger partial charge in [0.05, 0.1) is 10.4 Å². The van der Waals surface area contributed by atoms with Crippen molar-refractivity contribution in [3.8, 4) is 0 Å². The Morgan fingerprint density at radius 1 is 1.19 bits per heavy atom. The maximum Gasteiger partial charge on any atom is 0.360 e. The van der Waals surface area contributed by atoms with E-state index in [-0.39, 0.29) is 17.1 Å². The Balaban J connectivity index is 1.72. The van der Waals surface area contributed by atoms with Gasteiger partial charge in [-0.15, -0.1) is 0 Å². The molecule has 3 aromatic rings. The standard InChI is InChI=1S/C17H14N4O5/c1-10(16(22)18-13-8-4-5-9-14(13)21(24)25)26-17(23)15-11-6-2-3-7-12(11)19-20-15/h2-10H,1H3,(H,18,22)(H,19,20)/t10-/m0/s1. The number of hydrogen-bond donors (Lipinski definition) is 2. The van der Waals surface area contributed by atoms with Gasteiger partial charge in [-0.2, -0.15) is 5.10 Å². The molecule has 0 saturated carbocycles. The number of nitrogens with one attached hydrogen (secondary N) is 2. The monoisotopic (exact) mass is 354 g/mol. The summed E-state index contributed by atoms with van der Waals surface area (Å²) in [7, 11) is 0. The second kappa shape index (κ2) is 7.01. The number of hydrogen-bond acceptors (Lipinski definition) is 6. The summed E-state index contributed by atoms with van der Waals surface area (Å²) in [6.45, 7) is 1.37. The first kappa shape index (κ1) is 17.1. The molecule has 0 fully saturated rings. The molecule has 0 aliphatic carbocycles. The van der Waals surface area contributed by atoms with Crippen LogP contribution in [0.5, 0.6) is 0 Å². The number of aromatic amines is 1. The molecular weight excluding hydrogens is 340 g/mol. The van der Waals surface area contributed by atoms with Crippen molar-refractivity contribution >= 4 is 34.2 Å². The number of para-hydroxylation sites is 3. The van der Waals surface area contributed by atoms with Crippen LogP contribution >= 0.6 is 0 Å². The van der Waals surface area contributed by atoms with E-state index in [2.05, 4.69) is 15.5 Å². The van der Waals surface area contributed by atoms with E-state index in [9.17, 15) is 19.7 Å². The smallest absolute Gasteiger partial charge is 0.360 e. The Labute approximate surface area is 147 Å². The van der Waals surface area contributed by atoms with Gasteiger partial charge >= 0.3 is 5.97 Å². The molecule has 9 heteroatoms. The number of H-pyrrole nitrogens is 1. The van der Waals surface area contributed by atoms with Gasteiger partial charge in [-0.1, -0.05) is 30.3 Å². The van der Waals surface area contributed by atoms with Crippen LogP contribution in [0.3, 0.4) is 0 Å². The van der Waals surface area contributed by atoms with Gasteiger partial charge in [0.25, 0.3) is 11.6 Å². The Hall–Kier alpha value is -3.75. The van der Waals surface area contributed by atoms with E-state index in [1.165, 1.54) is 25.1 Å². The molecule has 26 heavy (non-hydrogen) atoms. The Morgan fingerprint density at radius 3 is 2.65 bits per heavy atom. The number of rotatable bonds is 5. The van der Waals surface area contributed by atoms with E-state index >= 15 is 0 Å². The lowest BCUT2D eigenvalue weighted by Crippen LogP contribution is -2.30. The zero-order chi connectivity index (χ0) is 18.7. The zero-order valence-electron chi connectivity index (χ0n) is 13.6. The summed E-state index contributed by atoms with van der Waals surface area (Å²) in [5.41, 5.74) is 0.496. The first-order valence-corrected chi connectivity index (χ1v) is 7.65. The van der Waals surface area contributed by atoms with Gasteiger partial charge < -0.3 is 10.1 Å². The average Bonchev–Trinajstić information content (AvgIpc) is 3.06. The summed E-state index contributed by atoms with van der Waals surface area (Å²) in [4.78, 5) is 34.9. The number of amides is 1. The number of benzene rings is 2. The third kappa shape index (κ3) is 3.36. The number of esters is 1. The highest BCUT2D eigenvalue weighted by atomic mass is 16.6.